The van der Waals surface area contributed by atoms with Crippen LogP contribution in [0, 0.1) is 10.1 Å². The van der Waals surface area contributed by atoms with Crippen molar-refractivity contribution in [2.24, 2.45) is 5.84 Å². The number of nitro groups is 1. The molecule has 0 aliphatic heterocycles. The van der Waals surface area contributed by atoms with Crippen molar-refractivity contribution in [3.05, 3.63) is 33.9 Å². The van der Waals surface area contributed by atoms with Crippen molar-refractivity contribution in [3.8, 4) is 0 Å². The first-order valence-electron chi connectivity index (χ1n) is 5.94. The highest BCUT2D eigenvalue weighted by molar-refractivity contribution is 5.99. The molecule has 0 spiro atoms. The number of rotatable bonds is 5. The molecule has 0 saturated heterocycles. The van der Waals surface area contributed by atoms with Gasteiger partial charge in [0.1, 0.15) is 5.56 Å². The average molecular weight is 266 g/mol. The van der Waals surface area contributed by atoms with Crippen molar-refractivity contribution in [1.82, 2.24) is 4.90 Å². The standard InChI is InChI=1S/C12H18N4O3/c1-4-8(2)15(3)12(17)10-7-9(14-13)5-6-11(10)16(18)19/h5-8,14H,4,13H2,1-3H3. The Morgan fingerprint density at radius 2 is 2.21 bits per heavy atom. The van der Waals surface area contributed by atoms with Crippen LogP contribution in [0.5, 0.6) is 0 Å². The first-order valence-corrected chi connectivity index (χ1v) is 5.94. The molecule has 3 N–H and O–H groups in total. The van der Waals surface area contributed by atoms with Gasteiger partial charge in [-0.15, -0.1) is 0 Å². The summed E-state index contributed by atoms with van der Waals surface area (Å²) in [5.74, 6) is 4.87. The predicted octanol–water partition coefficient (Wildman–Crippen LogP) is 1.75. The molecule has 1 aromatic rings. The van der Waals surface area contributed by atoms with E-state index in [0.29, 0.717) is 5.69 Å². The fourth-order valence-corrected chi connectivity index (χ4v) is 1.62. The number of carbonyl (C=O) groups excluding carboxylic acids is 1. The fraction of sp³-hybridized carbons (Fsp3) is 0.417. The molecule has 0 fully saturated rings. The van der Waals surface area contributed by atoms with Gasteiger partial charge in [-0.2, -0.15) is 0 Å². The van der Waals surface area contributed by atoms with Crippen molar-refractivity contribution in [3.63, 3.8) is 0 Å². The monoisotopic (exact) mass is 266 g/mol. The molecule has 0 saturated carbocycles. The summed E-state index contributed by atoms with van der Waals surface area (Å²) < 4.78 is 0. The van der Waals surface area contributed by atoms with Crippen LogP contribution in [0.15, 0.2) is 18.2 Å². The highest BCUT2D eigenvalue weighted by Gasteiger charge is 2.25. The highest BCUT2D eigenvalue weighted by atomic mass is 16.6. The first kappa shape index (κ1) is 14.9. The number of nitrogens with zero attached hydrogens (tertiary/aromatic N) is 2. The number of hydrazine groups is 1. The number of nitrogen functional groups attached to an aromatic ring is 1. The highest BCUT2D eigenvalue weighted by Crippen LogP contribution is 2.24. The van der Waals surface area contributed by atoms with E-state index in [9.17, 15) is 14.9 Å². The van der Waals surface area contributed by atoms with Crippen LogP contribution in [0.2, 0.25) is 0 Å². The van der Waals surface area contributed by atoms with Crippen molar-refractivity contribution in [1.29, 1.82) is 0 Å². The number of carbonyl (C=O) groups is 1. The third kappa shape index (κ3) is 3.19. The van der Waals surface area contributed by atoms with Gasteiger partial charge in [0.05, 0.1) is 4.92 Å². The van der Waals surface area contributed by atoms with Crippen LogP contribution in [-0.4, -0.2) is 28.8 Å². The molecule has 0 heterocycles. The van der Waals surface area contributed by atoms with Gasteiger partial charge >= 0.3 is 0 Å². The van der Waals surface area contributed by atoms with Gasteiger partial charge in [0.15, 0.2) is 0 Å². The van der Waals surface area contributed by atoms with Crippen LogP contribution in [0.4, 0.5) is 11.4 Å². The molecule has 7 nitrogen and oxygen atoms in total. The SMILES string of the molecule is CCC(C)N(C)C(=O)c1cc(NN)ccc1[N+](=O)[O-]. The molecule has 0 bridgehead atoms. The minimum atomic E-state index is -0.571. The van der Waals surface area contributed by atoms with E-state index in [4.69, 9.17) is 5.84 Å². The molecule has 19 heavy (non-hydrogen) atoms. The summed E-state index contributed by atoms with van der Waals surface area (Å²) in [6, 6.07) is 4.12. The summed E-state index contributed by atoms with van der Waals surface area (Å²) in [7, 11) is 1.63. The van der Waals surface area contributed by atoms with Crippen molar-refractivity contribution < 1.29 is 9.72 Å². The lowest BCUT2D eigenvalue weighted by Gasteiger charge is -2.23. The molecular formula is C12H18N4O3. The van der Waals surface area contributed by atoms with Gasteiger partial charge in [-0.3, -0.25) is 20.8 Å². The van der Waals surface area contributed by atoms with E-state index in [1.165, 1.54) is 23.1 Å². The fourth-order valence-electron chi connectivity index (χ4n) is 1.62. The van der Waals surface area contributed by atoms with Crippen molar-refractivity contribution >= 4 is 17.3 Å². The normalized spacial score (nSPS) is 11.8. The van der Waals surface area contributed by atoms with Crippen molar-refractivity contribution in [2.45, 2.75) is 26.3 Å². The van der Waals surface area contributed by atoms with E-state index >= 15 is 0 Å². The summed E-state index contributed by atoms with van der Waals surface area (Å²) in [4.78, 5) is 24.2. The van der Waals surface area contributed by atoms with Gasteiger partial charge in [0, 0.05) is 24.8 Å². The number of hydrogen-bond donors (Lipinski definition) is 2. The van der Waals surface area contributed by atoms with Crippen LogP contribution in [-0.2, 0) is 0 Å². The molecule has 1 rings (SSSR count). The molecule has 0 radical (unpaired) electrons. The average Bonchev–Trinajstić information content (AvgIpc) is 2.43. The van der Waals surface area contributed by atoms with E-state index in [-0.39, 0.29) is 17.3 Å². The summed E-state index contributed by atoms with van der Waals surface area (Å²) in [5, 5.41) is 11.0. The maximum Gasteiger partial charge on any atom is 0.282 e. The van der Waals surface area contributed by atoms with Crippen LogP contribution in [0.25, 0.3) is 0 Å². The number of nitro benzene ring substituents is 1. The number of amides is 1. The van der Waals surface area contributed by atoms with E-state index in [1.54, 1.807) is 7.05 Å². The number of nitrogens with two attached hydrogens (primary N) is 1. The largest absolute Gasteiger partial charge is 0.339 e. The van der Waals surface area contributed by atoms with Gasteiger partial charge in [0.25, 0.3) is 11.6 Å². The summed E-state index contributed by atoms with van der Waals surface area (Å²) in [5.41, 5.74) is 2.64. The summed E-state index contributed by atoms with van der Waals surface area (Å²) in [6.45, 7) is 3.83. The molecule has 7 heteroatoms. The molecule has 1 aromatic carbocycles. The van der Waals surface area contributed by atoms with Gasteiger partial charge in [-0.1, -0.05) is 6.92 Å². The molecule has 1 amide bonds. The second kappa shape index (κ2) is 6.14. The first-order chi connectivity index (χ1) is 8.92. The quantitative estimate of drug-likeness (QED) is 0.480. The molecule has 0 aliphatic rings. The molecule has 1 atom stereocenters. The van der Waals surface area contributed by atoms with Gasteiger partial charge < -0.3 is 10.3 Å². The third-order valence-electron chi connectivity index (χ3n) is 3.16. The van der Waals surface area contributed by atoms with Gasteiger partial charge in [-0.05, 0) is 25.5 Å². The number of anilines is 1. The number of nitrogens with one attached hydrogen (secondary N) is 1. The maximum atomic E-state index is 12.3. The van der Waals surface area contributed by atoms with E-state index in [2.05, 4.69) is 5.43 Å². The van der Waals surface area contributed by atoms with Gasteiger partial charge in [0.2, 0.25) is 0 Å². The summed E-state index contributed by atoms with van der Waals surface area (Å²) in [6.07, 6.45) is 0.769. The second-order valence-corrected chi connectivity index (χ2v) is 4.31. The van der Waals surface area contributed by atoms with Crippen LogP contribution in [0.1, 0.15) is 30.6 Å². The zero-order valence-corrected chi connectivity index (χ0v) is 11.2. The smallest absolute Gasteiger partial charge is 0.282 e. The molecule has 0 aliphatic carbocycles. The number of benzene rings is 1. The minimum Gasteiger partial charge on any atom is -0.339 e. The third-order valence-corrected chi connectivity index (χ3v) is 3.16. The Hall–Kier alpha value is -2.15. The van der Waals surface area contributed by atoms with E-state index in [1.807, 2.05) is 13.8 Å². The van der Waals surface area contributed by atoms with E-state index < -0.39 is 10.8 Å². The van der Waals surface area contributed by atoms with E-state index in [0.717, 1.165) is 6.42 Å². The van der Waals surface area contributed by atoms with Crippen LogP contribution < -0.4 is 11.3 Å². The Morgan fingerprint density at radius 1 is 1.58 bits per heavy atom. The van der Waals surface area contributed by atoms with Crippen molar-refractivity contribution in [2.75, 3.05) is 12.5 Å². The lowest BCUT2D eigenvalue weighted by atomic mass is 10.1. The lowest BCUT2D eigenvalue weighted by Crippen LogP contribution is -2.35. The summed E-state index contributed by atoms with van der Waals surface area (Å²) >= 11 is 0. The van der Waals surface area contributed by atoms with Crippen LogP contribution >= 0.6 is 0 Å². The Morgan fingerprint density at radius 3 is 2.68 bits per heavy atom. The lowest BCUT2D eigenvalue weighted by molar-refractivity contribution is -0.385. The minimum absolute atomic E-state index is 0.00148. The molecule has 104 valence electrons. The number of hydrogen-bond acceptors (Lipinski definition) is 5. The maximum absolute atomic E-state index is 12.3. The zero-order valence-electron chi connectivity index (χ0n) is 11.2. The topological polar surface area (TPSA) is 102 Å². The Bertz CT molecular complexity index is 490. The second-order valence-electron chi connectivity index (χ2n) is 4.31. The zero-order chi connectivity index (χ0) is 14.6. The predicted molar refractivity (Wildman–Crippen MR) is 72.8 cm³/mol. The Balaban J connectivity index is 3.23. The molecule has 1 unspecified atom stereocenters. The Kier molecular flexibility index (Phi) is 4.82. The molecule has 0 aromatic heterocycles. The molecular weight excluding hydrogens is 248 g/mol. The van der Waals surface area contributed by atoms with Crippen LogP contribution in [0.3, 0.4) is 0 Å². The van der Waals surface area contributed by atoms with Gasteiger partial charge in [-0.25, -0.2) is 0 Å². The Labute approximate surface area is 111 Å².